The molecule has 7 heteroatoms. The molecule has 0 aliphatic carbocycles. The van der Waals surface area contributed by atoms with Crippen molar-refractivity contribution in [1.29, 1.82) is 0 Å². The molecule has 126 valence electrons. The number of benzene rings is 2. The van der Waals surface area contributed by atoms with Crippen LogP contribution in [-0.2, 0) is 11.2 Å². The number of rotatable bonds is 6. The minimum atomic E-state index is -0.465. The number of hydrazone groups is 1. The molecule has 7 nitrogen and oxygen atoms in total. The SMILES string of the molecule is O=C(CCc1c[nH]c2ccccc12)N/N=C/c1ccc([N+](=O)[O-])cc1. The summed E-state index contributed by atoms with van der Waals surface area (Å²) in [6, 6.07) is 13.9. The van der Waals surface area contributed by atoms with Crippen molar-refractivity contribution in [2.24, 2.45) is 5.10 Å². The van der Waals surface area contributed by atoms with Gasteiger partial charge in [0.05, 0.1) is 11.1 Å². The van der Waals surface area contributed by atoms with Crippen LogP contribution in [-0.4, -0.2) is 22.0 Å². The Hall–Kier alpha value is -3.48. The number of non-ortho nitro benzene ring substituents is 1. The van der Waals surface area contributed by atoms with Gasteiger partial charge in [0.2, 0.25) is 5.91 Å². The minimum Gasteiger partial charge on any atom is -0.361 e. The summed E-state index contributed by atoms with van der Waals surface area (Å²) >= 11 is 0. The van der Waals surface area contributed by atoms with Crippen molar-refractivity contribution in [3.63, 3.8) is 0 Å². The fourth-order valence-electron chi connectivity index (χ4n) is 2.50. The molecule has 3 rings (SSSR count). The predicted octanol–water partition coefficient (Wildman–Crippen LogP) is 3.16. The Bertz CT molecular complexity index is 929. The van der Waals surface area contributed by atoms with Crippen LogP contribution in [0.25, 0.3) is 10.9 Å². The third-order valence-corrected chi connectivity index (χ3v) is 3.80. The van der Waals surface area contributed by atoms with Crippen LogP contribution in [0, 0.1) is 10.1 Å². The zero-order valence-electron chi connectivity index (χ0n) is 13.3. The van der Waals surface area contributed by atoms with E-state index in [4.69, 9.17) is 0 Å². The monoisotopic (exact) mass is 336 g/mol. The van der Waals surface area contributed by atoms with Gasteiger partial charge in [0.15, 0.2) is 0 Å². The van der Waals surface area contributed by atoms with E-state index < -0.39 is 4.92 Å². The third kappa shape index (κ3) is 4.08. The van der Waals surface area contributed by atoms with Crippen LogP contribution < -0.4 is 5.43 Å². The van der Waals surface area contributed by atoms with Crippen LogP contribution in [0.15, 0.2) is 59.8 Å². The molecular formula is C18H16N4O3. The molecule has 1 amide bonds. The third-order valence-electron chi connectivity index (χ3n) is 3.80. The van der Waals surface area contributed by atoms with E-state index in [1.807, 2.05) is 30.5 Å². The normalized spacial score (nSPS) is 11.0. The first-order valence-electron chi connectivity index (χ1n) is 7.75. The van der Waals surface area contributed by atoms with E-state index in [0.717, 1.165) is 16.5 Å². The van der Waals surface area contributed by atoms with Crippen molar-refractivity contribution in [3.05, 3.63) is 76.0 Å². The molecular weight excluding hydrogens is 320 g/mol. The largest absolute Gasteiger partial charge is 0.361 e. The van der Waals surface area contributed by atoms with E-state index in [2.05, 4.69) is 15.5 Å². The standard InChI is InChI=1S/C18H16N4O3/c23-18(10-7-14-12-19-17-4-2-1-3-16(14)17)21-20-11-13-5-8-15(9-6-13)22(24)25/h1-6,8-9,11-12,19H,7,10H2,(H,21,23)/b20-11+. The minimum absolute atomic E-state index is 0.0138. The summed E-state index contributed by atoms with van der Waals surface area (Å²) in [5.74, 6) is -0.191. The van der Waals surface area contributed by atoms with Gasteiger partial charge in [0, 0.05) is 35.7 Å². The highest BCUT2D eigenvalue weighted by Gasteiger charge is 2.06. The Labute approximate surface area is 143 Å². The number of nitrogens with one attached hydrogen (secondary N) is 2. The molecule has 1 aromatic heterocycles. The van der Waals surface area contributed by atoms with Crippen LogP contribution in [0.1, 0.15) is 17.5 Å². The van der Waals surface area contributed by atoms with E-state index >= 15 is 0 Å². The fraction of sp³-hybridized carbons (Fsp3) is 0.111. The number of carbonyl (C=O) groups is 1. The topological polar surface area (TPSA) is 100 Å². The summed E-state index contributed by atoms with van der Waals surface area (Å²) in [5.41, 5.74) is 5.29. The molecule has 0 aliphatic heterocycles. The second-order valence-corrected chi connectivity index (χ2v) is 5.50. The summed E-state index contributed by atoms with van der Waals surface area (Å²) in [7, 11) is 0. The first-order chi connectivity index (χ1) is 12.1. The number of hydrogen-bond donors (Lipinski definition) is 2. The van der Waals surface area contributed by atoms with Gasteiger partial charge in [-0.2, -0.15) is 5.10 Å². The zero-order chi connectivity index (χ0) is 17.6. The van der Waals surface area contributed by atoms with Gasteiger partial charge in [0.25, 0.3) is 5.69 Å². The van der Waals surface area contributed by atoms with Crippen molar-refractivity contribution >= 4 is 28.7 Å². The molecule has 0 saturated heterocycles. The number of H-pyrrole nitrogens is 1. The fourth-order valence-corrected chi connectivity index (χ4v) is 2.50. The zero-order valence-corrected chi connectivity index (χ0v) is 13.3. The summed E-state index contributed by atoms with van der Waals surface area (Å²) in [4.78, 5) is 25.2. The molecule has 0 unspecified atom stereocenters. The van der Waals surface area contributed by atoms with E-state index in [9.17, 15) is 14.9 Å². The van der Waals surface area contributed by atoms with E-state index in [-0.39, 0.29) is 11.6 Å². The average Bonchev–Trinajstić information content (AvgIpc) is 3.03. The molecule has 0 aliphatic rings. The predicted molar refractivity (Wildman–Crippen MR) is 95.5 cm³/mol. The molecule has 25 heavy (non-hydrogen) atoms. The Morgan fingerprint density at radius 3 is 2.72 bits per heavy atom. The summed E-state index contributed by atoms with van der Waals surface area (Å²) in [5, 5.41) is 15.6. The lowest BCUT2D eigenvalue weighted by Gasteiger charge is -2.00. The number of amides is 1. The molecule has 0 radical (unpaired) electrons. The first kappa shape index (κ1) is 16.4. The number of para-hydroxylation sites is 1. The first-order valence-corrected chi connectivity index (χ1v) is 7.75. The number of nitro benzene ring substituents is 1. The number of aromatic amines is 1. The maximum Gasteiger partial charge on any atom is 0.269 e. The van der Waals surface area contributed by atoms with E-state index in [0.29, 0.717) is 18.4 Å². The van der Waals surface area contributed by atoms with Crippen molar-refractivity contribution in [2.75, 3.05) is 0 Å². The van der Waals surface area contributed by atoms with E-state index in [1.54, 1.807) is 12.1 Å². The number of aromatic nitrogens is 1. The molecule has 3 aromatic rings. The molecule has 0 spiro atoms. The maximum atomic E-state index is 11.9. The summed E-state index contributed by atoms with van der Waals surface area (Å²) in [6.45, 7) is 0. The van der Waals surface area contributed by atoms with Crippen molar-refractivity contribution in [2.45, 2.75) is 12.8 Å². The van der Waals surface area contributed by atoms with Gasteiger partial charge in [-0.05, 0) is 35.7 Å². The van der Waals surface area contributed by atoms with Gasteiger partial charge in [0.1, 0.15) is 0 Å². The highest BCUT2D eigenvalue weighted by atomic mass is 16.6. The molecule has 0 bridgehead atoms. The van der Waals surface area contributed by atoms with Gasteiger partial charge >= 0.3 is 0 Å². The number of nitrogens with zero attached hydrogens (tertiary/aromatic N) is 2. The lowest BCUT2D eigenvalue weighted by molar-refractivity contribution is -0.384. The molecule has 0 atom stereocenters. The Morgan fingerprint density at radius 1 is 1.20 bits per heavy atom. The van der Waals surface area contributed by atoms with Crippen LogP contribution in [0.5, 0.6) is 0 Å². The number of nitro groups is 1. The average molecular weight is 336 g/mol. The van der Waals surface area contributed by atoms with Crippen molar-refractivity contribution < 1.29 is 9.72 Å². The van der Waals surface area contributed by atoms with Crippen molar-refractivity contribution in [3.8, 4) is 0 Å². The molecule has 2 aromatic carbocycles. The van der Waals surface area contributed by atoms with Crippen LogP contribution in [0.2, 0.25) is 0 Å². The van der Waals surface area contributed by atoms with Crippen LogP contribution in [0.4, 0.5) is 5.69 Å². The quantitative estimate of drug-likeness (QED) is 0.411. The van der Waals surface area contributed by atoms with Crippen LogP contribution in [0.3, 0.4) is 0 Å². The lowest BCUT2D eigenvalue weighted by Crippen LogP contribution is -2.17. The molecule has 2 N–H and O–H groups in total. The number of aryl methyl sites for hydroxylation is 1. The highest BCUT2D eigenvalue weighted by molar-refractivity contribution is 5.85. The molecule has 1 heterocycles. The van der Waals surface area contributed by atoms with Crippen molar-refractivity contribution in [1.82, 2.24) is 10.4 Å². The lowest BCUT2D eigenvalue weighted by atomic mass is 10.1. The van der Waals surface area contributed by atoms with Gasteiger partial charge < -0.3 is 4.98 Å². The highest BCUT2D eigenvalue weighted by Crippen LogP contribution is 2.18. The van der Waals surface area contributed by atoms with Gasteiger partial charge in [-0.15, -0.1) is 0 Å². The van der Waals surface area contributed by atoms with Crippen LogP contribution >= 0.6 is 0 Å². The molecule has 0 fully saturated rings. The van der Waals surface area contributed by atoms with Gasteiger partial charge in [-0.1, -0.05) is 18.2 Å². The smallest absolute Gasteiger partial charge is 0.269 e. The van der Waals surface area contributed by atoms with Gasteiger partial charge in [-0.25, -0.2) is 5.43 Å². The number of hydrogen-bond acceptors (Lipinski definition) is 4. The Kier molecular flexibility index (Phi) is 4.84. The Morgan fingerprint density at radius 2 is 1.96 bits per heavy atom. The van der Waals surface area contributed by atoms with E-state index in [1.165, 1.54) is 18.3 Å². The number of carbonyl (C=O) groups excluding carboxylic acids is 1. The molecule has 0 saturated carbocycles. The second-order valence-electron chi connectivity index (χ2n) is 5.50. The number of fused-ring (bicyclic) bond motifs is 1. The second kappa shape index (κ2) is 7.39. The van der Waals surface area contributed by atoms with Gasteiger partial charge in [-0.3, -0.25) is 14.9 Å². The summed E-state index contributed by atoms with van der Waals surface area (Å²) in [6.07, 6.45) is 4.30. The Balaban J connectivity index is 1.51. The maximum absolute atomic E-state index is 11.9. The summed E-state index contributed by atoms with van der Waals surface area (Å²) < 4.78 is 0.